The number of carbonyl (C=O) groups excluding carboxylic acids is 1. The zero-order valence-electron chi connectivity index (χ0n) is 13.8. The second-order valence-corrected chi connectivity index (χ2v) is 7.59. The minimum atomic E-state index is 0.210. The number of rotatable bonds is 4. The average molecular weight is 338 g/mol. The van der Waals surface area contributed by atoms with Crippen molar-refractivity contribution in [2.24, 2.45) is 5.92 Å². The van der Waals surface area contributed by atoms with Crippen LogP contribution in [-0.2, 0) is 16.0 Å². The molecule has 2 aliphatic heterocycles. The molecule has 0 aromatic carbocycles. The summed E-state index contributed by atoms with van der Waals surface area (Å²) in [5, 5.41) is 0.550. The van der Waals surface area contributed by atoms with Gasteiger partial charge in [-0.1, -0.05) is 0 Å². The number of likely N-dealkylation sites (tertiary alicyclic amines) is 1. The van der Waals surface area contributed by atoms with E-state index in [2.05, 4.69) is 9.88 Å². The maximum atomic E-state index is 12.5. The molecule has 0 unspecified atom stereocenters. The molecule has 128 valence electrons. The smallest absolute Gasteiger partial charge is 0.227 e. The Morgan fingerprint density at radius 3 is 2.61 bits per heavy atom. The van der Waals surface area contributed by atoms with Crippen LogP contribution < -0.4 is 5.73 Å². The molecule has 0 aliphatic carbocycles. The summed E-state index contributed by atoms with van der Waals surface area (Å²) in [5.74, 6) is 0.916. The number of amides is 1. The highest BCUT2D eigenvalue weighted by Crippen LogP contribution is 2.23. The van der Waals surface area contributed by atoms with Crippen LogP contribution in [0.1, 0.15) is 23.4 Å². The third kappa shape index (κ3) is 4.43. The number of ether oxygens (including phenoxy) is 1. The number of morpholine rings is 1. The molecule has 3 rings (SSSR count). The van der Waals surface area contributed by atoms with Gasteiger partial charge in [-0.3, -0.25) is 9.69 Å². The van der Waals surface area contributed by atoms with E-state index in [1.165, 1.54) is 11.3 Å². The highest BCUT2D eigenvalue weighted by atomic mass is 32.1. The lowest BCUT2D eigenvalue weighted by atomic mass is 9.95. The first-order valence-corrected chi connectivity index (χ1v) is 9.23. The topological polar surface area (TPSA) is 71.7 Å². The van der Waals surface area contributed by atoms with Gasteiger partial charge in [0.25, 0.3) is 0 Å². The number of carbonyl (C=O) groups is 1. The van der Waals surface area contributed by atoms with Gasteiger partial charge in [0.2, 0.25) is 5.91 Å². The fourth-order valence-corrected chi connectivity index (χ4v) is 4.20. The quantitative estimate of drug-likeness (QED) is 0.891. The first-order valence-electron chi connectivity index (χ1n) is 8.41. The van der Waals surface area contributed by atoms with Crippen molar-refractivity contribution in [2.45, 2.75) is 26.2 Å². The zero-order valence-corrected chi connectivity index (χ0v) is 14.6. The highest BCUT2D eigenvalue weighted by molar-refractivity contribution is 7.15. The molecule has 1 amide bonds. The molecule has 0 radical (unpaired) electrons. The number of hydrogen-bond donors (Lipinski definition) is 1. The summed E-state index contributed by atoms with van der Waals surface area (Å²) in [6.45, 7) is 8.63. The number of hydrogen-bond acceptors (Lipinski definition) is 6. The number of aryl methyl sites for hydroxylation is 1. The van der Waals surface area contributed by atoms with Crippen LogP contribution in [-0.4, -0.2) is 66.6 Å². The van der Waals surface area contributed by atoms with E-state index in [1.54, 1.807) is 0 Å². The van der Waals surface area contributed by atoms with Crippen molar-refractivity contribution in [3.8, 4) is 0 Å². The monoisotopic (exact) mass is 338 g/mol. The predicted octanol–water partition coefficient (Wildman–Crippen LogP) is 1.15. The molecule has 0 spiro atoms. The van der Waals surface area contributed by atoms with Crippen molar-refractivity contribution in [3.05, 3.63) is 10.6 Å². The number of aromatic nitrogens is 1. The van der Waals surface area contributed by atoms with Crippen LogP contribution in [0.15, 0.2) is 0 Å². The van der Waals surface area contributed by atoms with E-state index in [-0.39, 0.29) is 5.91 Å². The molecule has 23 heavy (non-hydrogen) atoms. The molecule has 1 aromatic rings. The number of piperidine rings is 1. The van der Waals surface area contributed by atoms with E-state index < -0.39 is 0 Å². The first-order chi connectivity index (χ1) is 11.1. The van der Waals surface area contributed by atoms with E-state index >= 15 is 0 Å². The molecular weight excluding hydrogens is 312 g/mol. The van der Waals surface area contributed by atoms with Crippen LogP contribution in [0, 0.1) is 12.8 Å². The van der Waals surface area contributed by atoms with Gasteiger partial charge < -0.3 is 15.4 Å². The molecule has 2 fully saturated rings. The molecule has 0 bridgehead atoms. The molecule has 7 heteroatoms. The molecular formula is C16H26N4O2S. The van der Waals surface area contributed by atoms with Gasteiger partial charge in [0.05, 0.1) is 25.3 Å². The van der Waals surface area contributed by atoms with Crippen molar-refractivity contribution in [2.75, 3.05) is 51.7 Å². The van der Waals surface area contributed by atoms with Gasteiger partial charge in [-0.05, 0) is 25.7 Å². The third-order valence-electron chi connectivity index (χ3n) is 4.81. The van der Waals surface area contributed by atoms with Gasteiger partial charge in [0.1, 0.15) is 0 Å². The molecule has 3 heterocycles. The molecule has 0 saturated carbocycles. The Kier molecular flexibility index (Phi) is 5.50. The Balaban J connectivity index is 1.44. The number of nitrogens with two attached hydrogens (primary N) is 1. The second kappa shape index (κ2) is 7.59. The standard InChI is InChI=1S/C16H26N4O2S/c1-12-14(23-16(17)18-12)10-15(21)20-4-2-13(3-5-20)11-19-6-8-22-9-7-19/h13H,2-11H2,1H3,(H2,17,18). The van der Waals surface area contributed by atoms with Crippen LogP contribution in [0.25, 0.3) is 0 Å². The minimum absolute atomic E-state index is 0.210. The van der Waals surface area contributed by atoms with Gasteiger partial charge in [-0.25, -0.2) is 4.98 Å². The third-order valence-corrected chi connectivity index (χ3v) is 5.79. The number of thiazole rings is 1. The lowest BCUT2D eigenvalue weighted by Gasteiger charge is -2.36. The fourth-order valence-electron chi connectivity index (χ4n) is 3.38. The number of anilines is 1. The van der Waals surface area contributed by atoms with Crippen molar-refractivity contribution < 1.29 is 9.53 Å². The van der Waals surface area contributed by atoms with Crippen LogP contribution in [0.5, 0.6) is 0 Å². The highest BCUT2D eigenvalue weighted by Gasteiger charge is 2.25. The number of nitrogens with zero attached hydrogens (tertiary/aromatic N) is 3. The Hall–Kier alpha value is -1.18. The summed E-state index contributed by atoms with van der Waals surface area (Å²) >= 11 is 1.43. The molecule has 6 nitrogen and oxygen atoms in total. The molecule has 0 atom stereocenters. The first kappa shape index (κ1) is 16.7. The van der Waals surface area contributed by atoms with Crippen LogP contribution in [0.4, 0.5) is 5.13 Å². The summed E-state index contributed by atoms with van der Waals surface area (Å²) in [5.41, 5.74) is 6.60. The summed E-state index contributed by atoms with van der Waals surface area (Å²) in [4.78, 5) is 22.2. The predicted molar refractivity (Wildman–Crippen MR) is 91.5 cm³/mol. The normalized spacial score (nSPS) is 20.8. The second-order valence-electron chi connectivity index (χ2n) is 6.47. The maximum Gasteiger partial charge on any atom is 0.227 e. The van der Waals surface area contributed by atoms with Crippen molar-refractivity contribution in [1.82, 2.24) is 14.8 Å². The van der Waals surface area contributed by atoms with E-state index in [9.17, 15) is 4.79 Å². The van der Waals surface area contributed by atoms with Gasteiger partial charge in [-0.15, -0.1) is 11.3 Å². The van der Waals surface area contributed by atoms with E-state index in [4.69, 9.17) is 10.5 Å². The van der Waals surface area contributed by atoms with Gasteiger partial charge in [0.15, 0.2) is 5.13 Å². The molecule has 2 N–H and O–H groups in total. The van der Waals surface area contributed by atoms with Gasteiger partial charge >= 0.3 is 0 Å². The lowest BCUT2D eigenvalue weighted by molar-refractivity contribution is -0.131. The summed E-state index contributed by atoms with van der Waals surface area (Å²) in [6.07, 6.45) is 2.65. The fraction of sp³-hybridized carbons (Fsp3) is 0.750. The maximum absolute atomic E-state index is 12.5. The van der Waals surface area contributed by atoms with Crippen molar-refractivity contribution in [3.63, 3.8) is 0 Å². The van der Waals surface area contributed by atoms with Crippen molar-refractivity contribution in [1.29, 1.82) is 0 Å². The Bertz CT molecular complexity index is 534. The minimum Gasteiger partial charge on any atom is -0.379 e. The van der Waals surface area contributed by atoms with E-state index in [0.717, 1.165) is 69.4 Å². The average Bonchev–Trinajstić information content (AvgIpc) is 2.86. The SMILES string of the molecule is Cc1nc(N)sc1CC(=O)N1CCC(CN2CCOCC2)CC1. The largest absolute Gasteiger partial charge is 0.379 e. The van der Waals surface area contributed by atoms with E-state index in [1.807, 2.05) is 11.8 Å². The van der Waals surface area contributed by atoms with Crippen LogP contribution >= 0.6 is 11.3 Å². The van der Waals surface area contributed by atoms with Crippen LogP contribution in [0.2, 0.25) is 0 Å². The van der Waals surface area contributed by atoms with Gasteiger partial charge in [0, 0.05) is 37.6 Å². The Labute approximate surface area is 141 Å². The zero-order chi connectivity index (χ0) is 16.2. The van der Waals surface area contributed by atoms with Gasteiger partial charge in [-0.2, -0.15) is 0 Å². The molecule has 2 aliphatic rings. The Morgan fingerprint density at radius 2 is 2.00 bits per heavy atom. The van der Waals surface area contributed by atoms with E-state index in [0.29, 0.717) is 17.5 Å². The van der Waals surface area contributed by atoms with Crippen molar-refractivity contribution >= 4 is 22.4 Å². The summed E-state index contributed by atoms with van der Waals surface area (Å²) < 4.78 is 5.40. The lowest BCUT2D eigenvalue weighted by Crippen LogP contribution is -2.44. The Morgan fingerprint density at radius 1 is 1.30 bits per heavy atom. The summed E-state index contributed by atoms with van der Waals surface area (Å²) in [6, 6.07) is 0. The molecule has 1 aromatic heterocycles. The summed E-state index contributed by atoms with van der Waals surface area (Å²) in [7, 11) is 0. The number of nitrogen functional groups attached to an aromatic ring is 1. The molecule has 2 saturated heterocycles. The van der Waals surface area contributed by atoms with Crippen LogP contribution in [0.3, 0.4) is 0 Å².